The highest BCUT2D eigenvalue weighted by atomic mass is 32.2. The molecule has 1 atom stereocenters. The van der Waals surface area contributed by atoms with E-state index < -0.39 is 0 Å². The summed E-state index contributed by atoms with van der Waals surface area (Å²) in [4.78, 5) is 16.8. The quantitative estimate of drug-likeness (QED) is 0.834. The third kappa shape index (κ3) is 4.68. The molecule has 2 heterocycles. The smallest absolute Gasteiger partial charge is 0.240 e. The van der Waals surface area contributed by atoms with Crippen LogP contribution >= 0.6 is 34.9 Å². The normalized spacial score (nSPS) is 17.7. The molecule has 24 heavy (non-hydrogen) atoms. The third-order valence-corrected chi connectivity index (χ3v) is 6.88. The van der Waals surface area contributed by atoms with E-state index in [1.807, 2.05) is 55.3 Å². The van der Waals surface area contributed by atoms with Crippen LogP contribution in [0.25, 0.3) is 11.3 Å². The van der Waals surface area contributed by atoms with Crippen molar-refractivity contribution < 1.29 is 9.53 Å². The Morgan fingerprint density at radius 3 is 2.75 bits per heavy atom. The maximum Gasteiger partial charge on any atom is 0.240 e. The van der Waals surface area contributed by atoms with Crippen LogP contribution < -0.4 is 10.1 Å². The van der Waals surface area contributed by atoms with Gasteiger partial charge in [0, 0.05) is 28.2 Å². The van der Waals surface area contributed by atoms with Crippen molar-refractivity contribution in [1.82, 2.24) is 4.98 Å². The maximum absolute atomic E-state index is 12.3. The second kappa shape index (κ2) is 8.27. The number of thiazole rings is 1. The first-order valence-corrected chi connectivity index (χ1v) is 10.9. The van der Waals surface area contributed by atoms with Crippen molar-refractivity contribution in [2.45, 2.75) is 25.2 Å². The lowest BCUT2D eigenvalue weighted by Crippen LogP contribution is -2.30. The number of carbonyl (C=O) groups excluding carboxylic acids is 1. The second-order valence-corrected chi connectivity index (χ2v) is 8.97. The number of amides is 1. The van der Waals surface area contributed by atoms with Crippen LogP contribution in [0.4, 0.5) is 5.13 Å². The van der Waals surface area contributed by atoms with Gasteiger partial charge in [0.25, 0.3) is 0 Å². The van der Waals surface area contributed by atoms with Crippen molar-refractivity contribution >= 4 is 45.9 Å². The highest BCUT2D eigenvalue weighted by Gasteiger charge is 2.23. The van der Waals surface area contributed by atoms with Crippen molar-refractivity contribution in [3.05, 3.63) is 29.6 Å². The summed E-state index contributed by atoms with van der Waals surface area (Å²) in [7, 11) is 0. The Morgan fingerprint density at radius 1 is 1.29 bits per heavy atom. The van der Waals surface area contributed by atoms with E-state index in [2.05, 4.69) is 10.3 Å². The van der Waals surface area contributed by atoms with E-state index in [1.54, 1.807) is 11.8 Å². The van der Waals surface area contributed by atoms with Crippen molar-refractivity contribution in [1.29, 1.82) is 0 Å². The Labute approximate surface area is 154 Å². The summed E-state index contributed by atoms with van der Waals surface area (Å²) < 4.78 is 5.65. The summed E-state index contributed by atoms with van der Waals surface area (Å²) in [5.74, 6) is 3.97. The fourth-order valence-corrected chi connectivity index (χ4v) is 5.54. The molecule has 0 radical (unpaired) electrons. The molecule has 1 amide bonds. The first kappa shape index (κ1) is 17.6. The van der Waals surface area contributed by atoms with Crippen LogP contribution in [-0.4, -0.2) is 39.5 Å². The third-order valence-electron chi connectivity index (χ3n) is 3.36. The first-order chi connectivity index (χ1) is 11.6. The SMILES string of the molecule is CC(C)Oc1ccc(-c2csc(NC(=O)C3CSCCS3)n2)cc1. The van der Waals surface area contributed by atoms with E-state index in [1.165, 1.54) is 11.3 Å². The number of nitrogens with zero attached hydrogens (tertiary/aromatic N) is 1. The zero-order valence-electron chi connectivity index (χ0n) is 13.7. The van der Waals surface area contributed by atoms with Gasteiger partial charge in [0.05, 0.1) is 17.0 Å². The fourth-order valence-electron chi connectivity index (χ4n) is 2.27. The van der Waals surface area contributed by atoms with Crippen LogP contribution in [0.2, 0.25) is 0 Å². The highest BCUT2D eigenvalue weighted by molar-refractivity contribution is 8.07. The number of benzene rings is 1. The summed E-state index contributed by atoms with van der Waals surface area (Å²) in [6.45, 7) is 4.01. The summed E-state index contributed by atoms with van der Waals surface area (Å²) in [5.41, 5.74) is 1.89. The van der Waals surface area contributed by atoms with Gasteiger partial charge < -0.3 is 10.1 Å². The lowest BCUT2D eigenvalue weighted by atomic mass is 10.2. The standard InChI is InChI=1S/C17H20N2O2S3/c1-11(2)21-13-5-3-12(4-6-13)14-9-24-17(18-14)19-16(20)15-10-22-7-8-23-15/h3-6,9,11,15H,7-8,10H2,1-2H3,(H,18,19,20). The lowest BCUT2D eigenvalue weighted by molar-refractivity contribution is -0.115. The number of anilines is 1. The molecule has 3 rings (SSSR count). The number of hydrogen-bond acceptors (Lipinski definition) is 6. The molecule has 7 heteroatoms. The monoisotopic (exact) mass is 380 g/mol. The number of nitrogens with one attached hydrogen (secondary N) is 1. The minimum absolute atomic E-state index is 0.0311. The average Bonchev–Trinajstić information content (AvgIpc) is 3.04. The van der Waals surface area contributed by atoms with E-state index in [0.717, 1.165) is 34.3 Å². The molecular weight excluding hydrogens is 360 g/mol. The van der Waals surface area contributed by atoms with Crippen molar-refractivity contribution in [2.75, 3.05) is 22.6 Å². The average molecular weight is 381 g/mol. The molecule has 1 fully saturated rings. The summed E-state index contributed by atoms with van der Waals surface area (Å²) >= 11 is 5.03. The van der Waals surface area contributed by atoms with Crippen LogP contribution in [0.15, 0.2) is 29.6 Å². The minimum atomic E-state index is 0.0311. The van der Waals surface area contributed by atoms with Crippen molar-refractivity contribution in [3.8, 4) is 17.0 Å². The van der Waals surface area contributed by atoms with E-state index in [0.29, 0.717) is 5.13 Å². The van der Waals surface area contributed by atoms with Crippen molar-refractivity contribution in [2.24, 2.45) is 0 Å². The Morgan fingerprint density at radius 2 is 2.08 bits per heavy atom. The van der Waals surface area contributed by atoms with Crippen molar-refractivity contribution in [3.63, 3.8) is 0 Å². The number of carbonyl (C=O) groups is 1. The molecule has 0 bridgehead atoms. The molecule has 128 valence electrons. The molecule has 0 aliphatic carbocycles. The van der Waals surface area contributed by atoms with Crippen LogP contribution in [0, 0.1) is 0 Å². The predicted molar refractivity (Wildman–Crippen MR) is 106 cm³/mol. The Bertz CT molecular complexity index is 679. The maximum atomic E-state index is 12.3. The van der Waals surface area contributed by atoms with E-state index in [4.69, 9.17) is 4.74 Å². The molecule has 1 unspecified atom stereocenters. The Kier molecular flexibility index (Phi) is 6.08. The molecular formula is C17H20N2O2S3. The van der Waals surface area contributed by atoms with Gasteiger partial charge in [-0.2, -0.15) is 11.8 Å². The van der Waals surface area contributed by atoms with Gasteiger partial charge in [0.2, 0.25) is 5.91 Å². The molecule has 1 saturated heterocycles. The van der Waals surface area contributed by atoms with Gasteiger partial charge in [-0.1, -0.05) is 0 Å². The largest absolute Gasteiger partial charge is 0.491 e. The van der Waals surface area contributed by atoms with Gasteiger partial charge in [-0.05, 0) is 38.1 Å². The van der Waals surface area contributed by atoms with Crippen LogP contribution in [0.3, 0.4) is 0 Å². The fraction of sp³-hybridized carbons (Fsp3) is 0.412. The highest BCUT2D eigenvalue weighted by Crippen LogP contribution is 2.29. The zero-order chi connectivity index (χ0) is 16.9. The van der Waals surface area contributed by atoms with Gasteiger partial charge in [0.15, 0.2) is 5.13 Å². The molecule has 1 aromatic carbocycles. The van der Waals surface area contributed by atoms with Crippen LogP contribution in [-0.2, 0) is 4.79 Å². The molecule has 1 aliphatic rings. The van der Waals surface area contributed by atoms with Gasteiger partial charge >= 0.3 is 0 Å². The number of hydrogen-bond donors (Lipinski definition) is 1. The van der Waals surface area contributed by atoms with Gasteiger partial charge in [-0.25, -0.2) is 4.98 Å². The summed E-state index contributed by atoms with van der Waals surface area (Å²) in [6, 6.07) is 7.88. The van der Waals surface area contributed by atoms with E-state index in [9.17, 15) is 4.79 Å². The van der Waals surface area contributed by atoms with Crippen LogP contribution in [0.5, 0.6) is 5.75 Å². The molecule has 1 N–H and O–H groups in total. The molecule has 4 nitrogen and oxygen atoms in total. The molecule has 1 aromatic heterocycles. The van der Waals surface area contributed by atoms with E-state index in [-0.39, 0.29) is 17.3 Å². The number of rotatable bonds is 5. The molecule has 0 spiro atoms. The number of aromatic nitrogens is 1. The van der Waals surface area contributed by atoms with E-state index >= 15 is 0 Å². The lowest BCUT2D eigenvalue weighted by Gasteiger charge is -2.19. The Hall–Kier alpha value is -1.18. The minimum Gasteiger partial charge on any atom is -0.491 e. The molecule has 1 aliphatic heterocycles. The first-order valence-electron chi connectivity index (χ1n) is 7.84. The van der Waals surface area contributed by atoms with Gasteiger partial charge in [-0.3, -0.25) is 4.79 Å². The van der Waals surface area contributed by atoms with Gasteiger partial charge in [-0.15, -0.1) is 23.1 Å². The summed E-state index contributed by atoms with van der Waals surface area (Å²) in [6.07, 6.45) is 0.160. The topological polar surface area (TPSA) is 51.2 Å². The predicted octanol–water partition coefficient (Wildman–Crippen LogP) is 4.38. The van der Waals surface area contributed by atoms with Crippen LogP contribution in [0.1, 0.15) is 13.8 Å². The number of thioether (sulfide) groups is 2. The second-order valence-electron chi connectivity index (χ2n) is 5.65. The molecule has 2 aromatic rings. The number of ether oxygens (including phenoxy) is 1. The van der Waals surface area contributed by atoms with Gasteiger partial charge in [0.1, 0.15) is 5.75 Å². The Balaban J connectivity index is 1.63. The zero-order valence-corrected chi connectivity index (χ0v) is 16.1. The summed E-state index contributed by atoms with van der Waals surface area (Å²) in [5, 5.41) is 5.61. The molecule has 0 saturated carbocycles.